The molecule has 156 valence electrons. The third kappa shape index (κ3) is 4.35. The highest BCUT2D eigenvalue weighted by Crippen LogP contribution is 2.20. The number of hydrogen-bond acceptors (Lipinski definition) is 6. The maximum Gasteiger partial charge on any atom is 0.255 e. The number of aromatic nitrogens is 2. The summed E-state index contributed by atoms with van der Waals surface area (Å²) in [6, 6.07) is 7.14. The van der Waals surface area contributed by atoms with Gasteiger partial charge < -0.3 is 18.7 Å². The van der Waals surface area contributed by atoms with Crippen LogP contribution in [0, 0.1) is 5.82 Å². The maximum atomic E-state index is 13.2. The van der Waals surface area contributed by atoms with Gasteiger partial charge in [0.15, 0.2) is 5.76 Å². The van der Waals surface area contributed by atoms with Crippen LogP contribution in [0.2, 0.25) is 5.02 Å². The molecule has 1 aromatic carbocycles. The fourth-order valence-electron chi connectivity index (χ4n) is 3.23. The Morgan fingerprint density at radius 3 is 2.60 bits per heavy atom. The van der Waals surface area contributed by atoms with Crippen LogP contribution in [0.15, 0.2) is 45.5 Å². The Kier molecular flexibility index (Phi) is 5.80. The van der Waals surface area contributed by atoms with Gasteiger partial charge in [-0.05, 0) is 30.3 Å². The number of piperazine rings is 1. The molecule has 1 aliphatic rings. The zero-order chi connectivity index (χ0) is 21.1. The molecule has 2 amide bonds. The second kappa shape index (κ2) is 8.66. The predicted molar refractivity (Wildman–Crippen MR) is 104 cm³/mol. The summed E-state index contributed by atoms with van der Waals surface area (Å²) in [6.07, 6.45) is 2.05. The second-order valence-electron chi connectivity index (χ2n) is 6.79. The standard InChI is InChI=1S/C20H18ClFN4O4/c21-15-12-13(22)3-4-14(15)20(28)26-9-7-25(8-10-26)18(27)6-5-17-23-19(24-30-17)16-2-1-11-29-16/h1-4,11-12H,5-10H2. The van der Waals surface area contributed by atoms with Crippen LogP contribution >= 0.6 is 11.6 Å². The van der Waals surface area contributed by atoms with Crippen LogP contribution in [0.25, 0.3) is 11.6 Å². The molecule has 1 fully saturated rings. The fourth-order valence-corrected chi connectivity index (χ4v) is 3.47. The number of hydrogen-bond donors (Lipinski definition) is 0. The number of carbonyl (C=O) groups excluding carboxylic acids is 2. The zero-order valence-corrected chi connectivity index (χ0v) is 16.6. The fraction of sp³-hybridized carbons (Fsp3) is 0.300. The van der Waals surface area contributed by atoms with Gasteiger partial charge in [0, 0.05) is 39.0 Å². The number of aryl methyl sites for hydroxylation is 1. The van der Waals surface area contributed by atoms with Gasteiger partial charge in [-0.15, -0.1) is 0 Å². The van der Waals surface area contributed by atoms with Crippen molar-refractivity contribution < 1.29 is 22.9 Å². The van der Waals surface area contributed by atoms with Gasteiger partial charge >= 0.3 is 0 Å². The first kappa shape index (κ1) is 20.1. The number of furan rings is 1. The van der Waals surface area contributed by atoms with Gasteiger partial charge in [-0.1, -0.05) is 16.8 Å². The summed E-state index contributed by atoms with van der Waals surface area (Å²) in [5.41, 5.74) is 0.251. The summed E-state index contributed by atoms with van der Waals surface area (Å²) in [4.78, 5) is 32.6. The number of rotatable bonds is 5. The van der Waals surface area contributed by atoms with Crippen LogP contribution < -0.4 is 0 Å². The molecule has 3 aromatic rings. The van der Waals surface area contributed by atoms with E-state index in [1.165, 1.54) is 18.4 Å². The number of halogens is 2. The van der Waals surface area contributed by atoms with Gasteiger partial charge in [0.25, 0.3) is 5.91 Å². The lowest BCUT2D eigenvalue weighted by Crippen LogP contribution is -2.50. The zero-order valence-electron chi connectivity index (χ0n) is 15.9. The Bertz CT molecular complexity index is 1050. The maximum absolute atomic E-state index is 13.2. The Morgan fingerprint density at radius 2 is 1.90 bits per heavy atom. The van der Waals surface area contributed by atoms with Gasteiger partial charge in [-0.25, -0.2) is 4.39 Å². The summed E-state index contributed by atoms with van der Waals surface area (Å²) < 4.78 is 23.6. The van der Waals surface area contributed by atoms with Crippen LogP contribution in [0.1, 0.15) is 22.7 Å². The van der Waals surface area contributed by atoms with E-state index in [-0.39, 0.29) is 28.8 Å². The molecule has 1 aliphatic heterocycles. The molecule has 0 unspecified atom stereocenters. The van der Waals surface area contributed by atoms with Crippen molar-refractivity contribution in [1.82, 2.24) is 19.9 Å². The molecule has 3 heterocycles. The van der Waals surface area contributed by atoms with Crippen molar-refractivity contribution in [2.75, 3.05) is 26.2 Å². The molecule has 0 N–H and O–H groups in total. The molecule has 0 radical (unpaired) electrons. The number of carbonyl (C=O) groups is 2. The van der Waals surface area contributed by atoms with Gasteiger partial charge in [-0.3, -0.25) is 9.59 Å². The molecule has 0 spiro atoms. The van der Waals surface area contributed by atoms with E-state index >= 15 is 0 Å². The SMILES string of the molecule is O=C(CCc1nc(-c2ccco2)no1)N1CCN(C(=O)c2ccc(F)cc2Cl)CC1. The highest BCUT2D eigenvalue weighted by Gasteiger charge is 2.26. The van der Waals surface area contributed by atoms with Crippen LogP contribution in [0.5, 0.6) is 0 Å². The molecule has 30 heavy (non-hydrogen) atoms. The first-order valence-electron chi connectivity index (χ1n) is 9.40. The minimum absolute atomic E-state index is 0.0559. The summed E-state index contributed by atoms with van der Waals surface area (Å²) >= 11 is 5.98. The molecular formula is C20H18ClFN4O4. The molecule has 0 bridgehead atoms. The van der Waals surface area contributed by atoms with Crippen LogP contribution in [-0.2, 0) is 11.2 Å². The number of amides is 2. The van der Waals surface area contributed by atoms with E-state index < -0.39 is 5.82 Å². The molecule has 10 heteroatoms. The van der Waals surface area contributed by atoms with Crippen molar-refractivity contribution >= 4 is 23.4 Å². The normalized spacial score (nSPS) is 14.2. The summed E-state index contributed by atoms with van der Waals surface area (Å²) in [6.45, 7) is 1.57. The number of benzene rings is 1. The lowest BCUT2D eigenvalue weighted by Gasteiger charge is -2.35. The molecule has 0 aliphatic carbocycles. The second-order valence-corrected chi connectivity index (χ2v) is 7.19. The Hall–Kier alpha value is -3.20. The largest absolute Gasteiger partial charge is 0.461 e. The van der Waals surface area contributed by atoms with E-state index in [1.54, 1.807) is 21.9 Å². The Labute approximate surface area is 176 Å². The molecule has 0 saturated carbocycles. The van der Waals surface area contributed by atoms with Crippen LogP contribution in [-0.4, -0.2) is 57.9 Å². The Morgan fingerprint density at radius 1 is 1.13 bits per heavy atom. The molecule has 8 nitrogen and oxygen atoms in total. The first-order valence-corrected chi connectivity index (χ1v) is 9.77. The average molecular weight is 433 g/mol. The van der Waals surface area contributed by atoms with Crippen molar-refractivity contribution in [3.05, 3.63) is 58.9 Å². The van der Waals surface area contributed by atoms with E-state index in [9.17, 15) is 14.0 Å². The van der Waals surface area contributed by atoms with Gasteiger partial charge in [0.1, 0.15) is 5.82 Å². The van der Waals surface area contributed by atoms with E-state index in [1.807, 2.05) is 0 Å². The lowest BCUT2D eigenvalue weighted by atomic mass is 10.1. The highest BCUT2D eigenvalue weighted by atomic mass is 35.5. The predicted octanol–water partition coefficient (Wildman–Crippen LogP) is 3.04. The van der Waals surface area contributed by atoms with Crippen molar-refractivity contribution in [3.63, 3.8) is 0 Å². The van der Waals surface area contributed by atoms with E-state index in [2.05, 4.69) is 10.1 Å². The average Bonchev–Trinajstić information content (AvgIpc) is 3.43. The number of nitrogens with zero attached hydrogens (tertiary/aromatic N) is 4. The third-order valence-corrected chi connectivity index (χ3v) is 5.16. The van der Waals surface area contributed by atoms with Gasteiger partial charge in [0.2, 0.25) is 17.6 Å². The van der Waals surface area contributed by atoms with E-state index in [0.717, 1.165) is 6.07 Å². The topological polar surface area (TPSA) is 92.7 Å². The molecule has 1 saturated heterocycles. The minimum Gasteiger partial charge on any atom is -0.461 e. The van der Waals surface area contributed by atoms with E-state index in [0.29, 0.717) is 50.1 Å². The monoisotopic (exact) mass is 432 g/mol. The van der Waals surface area contributed by atoms with Crippen molar-refractivity contribution in [2.24, 2.45) is 0 Å². The summed E-state index contributed by atoms with van der Waals surface area (Å²) in [5, 5.41) is 3.91. The minimum atomic E-state index is -0.496. The quantitative estimate of drug-likeness (QED) is 0.615. The first-order chi connectivity index (χ1) is 14.5. The van der Waals surface area contributed by atoms with E-state index in [4.69, 9.17) is 20.5 Å². The van der Waals surface area contributed by atoms with Crippen LogP contribution in [0.3, 0.4) is 0 Å². The van der Waals surface area contributed by atoms with Gasteiger partial charge in [0.05, 0.1) is 16.8 Å². The molecule has 0 atom stereocenters. The molecule has 4 rings (SSSR count). The molecule has 2 aromatic heterocycles. The smallest absolute Gasteiger partial charge is 0.255 e. The summed E-state index contributed by atoms with van der Waals surface area (Å²) in [7, 11) is 0. The van der Waals surface area contributed by atoms with Crippen LogP contribution in [0.4, 0.5) is 4.39 Å². The third-order valence-electron chi connectivity index (χ3n) is 4.84. The van der Waals surface area contributed by atoms with Crippen molar-refractivity contribution in [3.8, 4) is 11.6 Å². The highest BCUT2D eigenvalue weighted by molar-refractivity contribution is 6.33. The van der Waals surface area contributed by atoms with Crippen molar-refractivity contribution in [1.29, 1.82) is 0 Å². The Balaban J connectivity index is 1.27. The summed E-state index contributed by atoms with van der Waals surface area (Å²) in [5.74, 6) is 0.370. The van der Waals surface area contributed by atoms with Crippen molar-refractivity contribution in [2.45, 2.75) is 12.8 Å². The molecular weight excluding hydrogens is 415 g/mol. The van der Waals surface area contributed by atoms with Gasteiger partial charge in [-0.2, -0.15) is 4.98 Å². The lowest BCUT2D eigenvalue weighted by molar-refractivity contribution is -0.132.